The number of alkyl halides is 3. The molecule has 1 heterocycles. The molecule has 0 aliphatic heterocycles. The quantitative estimate of drug-likeness (QED) is 0.537. The Bertz CT molecular complexity index is 776. The number of carbonyl (C=O) groups is 1. The van der Waals surface area contributed by atoms with Crippen molar-refractivity contribution in [1.82, 2.24) is 15.0 Å². The Kier molecular flexibility index (Phi) is 5.53. The van der Waals surface area contributed by atoms with E-state index in [9.17, 15) is 18.0 Å². The second kappa shape index (κ2) is 7.05. The van der Waals surface area contributed by atoms with E-state index in [-0.39, 0.29) is 0 Å². The molecule has 122 valence electrons. The number of hydrogen-bond donors (Lipinski definition) is 1. The summed E-state index contributed by atoms with van der Waals surface area (Å²) in [6.07, 6.45) is -4.74. The van der Waals surface area contributed by atoms with Gasteiger partial charge in [0.2, 0.25) is 0 Å². The zero-order valence-corrected chi connectivity index (χ0v) is 15.3. The molecule has 11 heteroatoms. The van der Waals surface area contributed by atoms with Crippen LogP contribution >= 0.6 is 43.4 Å². The van der Waals surface area contributed by atoms with Crippen molar-refractivity contribution in [3.63, 3.8) is 0 Å². The number of rotatable bonds is 3. The molecule has 0 radical (unpaired) electrons. The van der Waals surface area contributed by atoms with Gasteiger partial charge in [-0.1, -0.05) is 42.4 Å². The predicted molar refractivity (Wildman–Crippen MR) is 86.4 cm³/mol. The van der Waals surface area contributed by atoms with E-state index in [0.717, 1.165) is 8.95 Å². The maximum atomic E-state index is 12.7. The van der Waals surface area contributed by atoms with Crippen molar-refractivity contribution >= 4 is 55.0 Å². The molecule has 1 N–H and O–H groups in total. The lowest BCUT2D eigenvalue weighted by molar-refractivity contribution is -0.141. The molecule has 0 unspecified atom stereocenters. The molecule has 0 spiro atoms. The molecule has 0 saturated carbocycles. The van der Waals surface area contributed by atoms with Gasteiger partial charge in [0.05, 0.1) is 5.71 Å². The third kappa shape index (κ3) is 4.36. The highest BCUT2D eigenvalue weighted by atomic mass is 79.9. The van der Waals surface area contributed by atoms with Gasteiger partial charge in [0.25, 0.3) is 5.91 Å². The molecular weight excluding hydrogens is 465 g/mol. The van der Waals surface area contributed by atoms with Crippen molar-refractivity contribution in [3.8, 4) is 0 Å². The van der Waals surface area contributed by atoms with Crippen LogP contribution in [-0.2, 0) is 6.18 Å². The Hall–Kier alpha value is -1.33. The molecule has 1 aromatic carbocycles. The number of amides is 1. The molecule has 1 amide bonds. The Morgan fingerprint density at radius 1 is 1.35 bits per heavy atom. The second-order valence-corrected chi connectivity index (χ2v) is 6.73. The van der Waals surface area contributed by atoms with Crippen LogP contribution in [0.25, 0.3) is 0 Å². The van der Waals surface area contributed by atoms with Gasteiger partial charge in [-0.2, -0.15) is 18.3 Å². The third-order valence-electron chi connectivity index (χ3n) is 2.61. The van der Waals surface area contributed by atoms with Crippen LogP contribution in [0.2, 0.25) is 0 Å². The van der Waals surface area contributed by atoms with E-state index in [2.05, 4.69) is 52.0 Å². The van der Waals surface area contributed by atoms with Crippen LogP contribution in [0, 0.1) is 0 Å². The van der Waals surface area contributed by atoms with Crippen molar-refractivity contribution in [1.29, 1.82) is 0 Å². The summed E-state index contributed by atoms with van der Waals surface area (Å²) in [5.74, 6) is -1.01. The fourth-order valence-electron chi connectivity index (χ4n) is 1.55. The predicted octanol–water partition coefficient (Wildman–Crippen LogP) is 4.24. The maximum Gasteiger partial charge on any atom is 0.436 e. The Morgan fingerprint density at radius 3 is 2.65 bits per heavy atom. The van der Waals surface area contributed by atoms with E-state index >= 15 is 0 Å². The SMILES string of the molecule is CC(=NNC(=O)c1snnc1C(F)(F)F)c1ccc(Br)cc1Br. The van der Waals surface area contributed by atoms with E-state index < -0.39 is 22.7 Å². The molecule has 0 fully saturated rings. The molecule has 0 saturated heterocycles. The van der Waals surface area contributed by atoms with Crippen LogP contribution in [0.4, 0.5) is 13.2 Å². The van der Waals surface area contributed by atoms with Crippen LogP contribution in [0.3, 0.4) is 0 Å². The van der Waals surface area contributed by atoms with Gasteiger partial charge in [0, 0.05) is 14.5 Å². The number of carbonyl (C=O) groups excluding carboxylic acids is 1. The summed E-state index contributed by atoms with van der Waals surface area (Å²) >= 11 is 7.00. The zero-order chi connectivity index (χ0) is 17.2. The summed E-state index contributed by atoms with van der Waals surface area (Å²) < 4.78 is 42.8. The number of nitrogens with zero attached hydrogens (tertiary/aromatic N) is 3. The van der Waals surface area contributed by atoms with E-state index in [0.29, 0.717) is 22.8 Å². The lowest BCUT2D eigenvalue weighted by Crippen LogP contribution is -2.22. The van der Waals surface area contributed by atoms with Crippen LogP contribution in [-0.4, -0.2) is 21.2 Å². The number of benzene rings is 1. The molecule has 0 atom stereocenters. The smallest absolute Gasteiger partial charge is 0.266 e. The first-order chi connectivity index (χ1) is 10.7. The number of nitrogens with one attached hydrogen (secondary N) is 1. The van der Waals surface area contributed by atoms with Crippen molar-refractivity contribution in [3.05, 3.63) is 43.3 Å². The number of hydrogen-bond acceptors (Lipinski definition) is 5. The molecule has 5 nitrogen and oxygen atoms in total. The topological polar surface area (TPSA) is 67.2 Å². The first-order valence-electron chi connectivity index (χ1n) is 5.89. The molecular formula is C12H7Br2F3N4OS. The van der Waals surface area contributed by atoms with Crippen molar-refractivity contribution in [2.45, 2.75) is 13.1 Å². The van der Waals surface area contributed by atoms with Crippen molar-refractivity contribution < 1.29 is 18.0 Å². The van der Waals surface area contributed by atoms with Gasteiger partial charge in [-0.3, -0.25) is 4.79 Å². The lowest BCUT2D eigenvalue weighted by atomic mass is 10.1. The minimum atomic E-state index is -4.74. The largest absolute Gasteiger partial charge is 0.436 e. The minimum Gasteiger partial charge on any atom is -0.266 e. The summed E-state index contributed by atoms with van der Waals surface area (Å²) in [6, 6.07) is 5.30. The first kappa shape index (κ1) is 18.0. The van der Waals surface area contributed by atoms with Crippen LogP contribution in [0.5, 0.6) is 0 Å². The lowest BCUT2D eigenvalue weighted by Gasteiger charge is -2.06. The molecule has 2 aromatic rings. The number of halogens is 5. The highest BCUT2D eigenvalue weighted by Crippen LogP contribution is 2.31. The minimum absolute atomic E-state index is 0.359. The van der Waals surface area contributed by atoms with E-state index in [1.807, 2.05) is 0 Å². The van der Waals surface area contributed by atoms with Gasteiger partial charge in [0.1, 0.15) is 4.88 Å². The summed E-state index contributed by atoms with van der Waals surface area (Å²) in [5.41, 5.74) is 1.87. The number of hydrazone groups is 1. The van der Waals surface area contributed by atoms with E-state index in [1.54, 1.807) is 25.1 Å². The average Bonchev–Trinajstić information content (AvgIpc) is 2.94. The summed E-state index contributed by atoms with van der Waals surface area (Å²) in [6.45, 7) is 1.61. The normalized spacial score (nSPS) is 12.3. The summed E-state index contributed by atoms with van der Waals surface area (Å²) in [4.78, 5) is 11.2. The monoisotopic (exact) mass is 470 g/mol. The van der Waals surface area contributed by atoms with Gasteiger partial charge >= 0.3 is 6.18 Å². The first-order valence-corrected chi connectivity index (χ1v) is 8.25. The van der Waals surface area contributed by atoms with Gasteiger partial charge in [-0.15, -0.1) is 5.10 Å². The Morgan fingerprint density at radius 2 is 2.04 bits per heavy atom. The van der Waals surface area contributed by atoms with E-state index in [1.165, 1.54) is 0 Å². The summed E-state index contributed by atoms with van der Waals surface area (Å²) in [5, 5.41) is 6.76. The zero-order valence-electron chi connectivity index (χ0n) is 11.3. The summed E-state index contributed by atoms with van der Waals surface area (Å²) in [7, 11) is 0. The van der Waals surface area contributed by atoms with Crippen LogP contribution < -0.4 is 5.43 Å². The van der Waals surface area contributed by atoms with Crippen molar-refractivity contribution in [2.75, 3.05) is 0 Å². The molecule has 0 aliphatic rings. The van der Waals surface area contributed by atoms with Crippen LogP contribution in [0.1, 0.15) is 27.9 Å². The van der Waals surface area contributed by atoms with Crippen LogP contribution in [0.15, 0.2) is 32.2 Å². The Balaban J connectivity index is 2.20. The third-order valence-corrected chi connectivity index (χ3v) is 4.48. The molecule has 2 rings (SSSR count). The molecule has 0 bridgehead atoms. The highest BCUT2D eigenvalue weighted by Gasteiger charge is 2.39. The second-order valence-electron chi connectivity index (χ2n) is 4.21. The fourth-order valence-corrected chi connectivity index (χ4v) is 3.46. The fraction of sp³-hybridized carbons (Fsp3) is 0.167. The van der Waals surface area contributed by atoms with Gasteiger partial charge < -0.3 is 0 Å². The van der Waals surface area contributed by atoms with Gasteiger partial charge in [-0.05, 0) is 30.6 Å². The maximum absolute atomic E-state index is 12.7. The molecule has 0 aliphatic carbocycles. The van der Waals surface area contributed by atoms with Gasteiger partial charge in [-0.25, -0.2) is 5.43 Å². The van der Waals surface area contributed by atoms with E-state index in [4.69, 9.17) is 0 Å². The van der Waals surface area contributed by atoms with Crippen molar-refractivity contribution in [2.24, 2.45) is 5.10 Å². The Labute approximate surface area is 149 Å². The standard InChI is InChI=1S/C12H7Br2F3N4OS/c1-5(7-3-2-6(13)4-8(7)14)18-20-11(22)9-10(12(15,16)17)19-21-23-9/h2-4H,1H3,(H,20,22). The molecule has 23 heavy (non-hydrogen) atoms. The average molecular weight is 472 g/mol. The number of aromatic nitrogens is 2. The highest BCUT2D eigenvalue weighted by molar-refractivity contribution is 9.11. The van der Waals surface area contributed by atoms with Gasteiger partial charge in [0.15, 0.2) is 5.69 Å². The molecule has 1 aromatic heterocycles.